The van der Waals surface area contributed by atoms with Gasteiger partial charge in [0.1, 0.15) is 0 Å². The van der Waals surface area contributed by atoms with Crippen molar-refractivity contribution in [2.24, 2.45) is 0 Å². The number of carbonyl (C=O) groups excluding carboxylic acids is 1. The summed E-state index contributed by atoms with van der Waals surface area (Å²) in [6, 6.07) is 0. The molecule has 0 aromatic rings. The van der Waals surface area contributed by atoms with Gasteiger partial charge in [0.15, 0.2) is 0 Å². The van der Waals surface area contributed by atoms with Crippen molar-refractivity contribution in [2.45, 2.75) is 31.7 Å². The van der Waals surface area contributed by atoms with E-state index in [1.54, 1.807) is 6.26 Å². The van der Waals surface area contributed by atoms with Gasteiger partial charge in [0.2, 0.25) is 5.91 Å². The van der Waals surface area contributed by atoms with Crippen molar-refractivity contribution < 1.29 is 9.00 Å². The third kappa shape index (κ3) is 3.91. The minimum absolute atomic E-state index is 0.0712. The predicted octanol–water partition coefficient (Wildman–Crippen LogP) is 0.0133. The molecule has 0 aromatic carbocycles. The Morgan fingerprint density at radius 2 is 2.33 bits per heavy atom. The molecule has 2 unspecified atom stereocenters. The zero-order valence-corrected chi connectivity index (χ0v) is 10.3. The van der Waals surface area contributed by atoms with Crippen LogP contribution in [0.5, 0.6) is 0 Å². The van der Waals surface area contributed by atoms with Crippen LogP contribution in [-0.2, 0) is 15.6 Å². The molecule has 15 heavy (non-hydrogen) atoms. The molecule has 5 heteroatoms. The van der Waals surface area contributed by atoms with E-state index < -0.39 is 10.8 Å². The van der Waals surface area contributed by atoms with Crippen molar-refractivity contribution in [3.05, 3.63) is 0 Å². The molecular formula is C10H20N2O2S. The summed E-state index contributed by atoms with van der Waals surface area (Å²) in [7, 11) is -0.760. The molecule has 0 bridgehead atoms. The lowest BCUT2D eigenvalue weighted by molar-refractivity contribution is -0.126. The first kappa shape index (κ1) is 12.6. The molecule has 2 N–H and O–H groups in total. The van der Waals surface area contributed by atoms with Gasteiger partial charge < -0.3 is 10.6 Å². The van der Waals surface area contributed by atoms with Crippen LogP contribution in [-0.4, -0.2) is 40.8 Å². The maximum absolute atomic E-state index is 11.8. The second-order valence-corrected chi connectivity index (χ2v) is 5.80. The van der Waals surface area contributed by atoms with E-state index >= 15 is 0 Å². The first-order chi connectivity index (χ1) is 7.04. The first-order valence-corrected chi connectivity index (χ1v) is 7.11. The highest BCUT2D eigenvalue weighted by atomic mass is 32.2. The quantitative estimate of drug-likeness (QED) is 0.657. The highest BCUT2D eigenvalue weighted by molar-refractivity contribution is 7.84. The maximum atomic E-state index is 11.8. The van der Waals surface area contributed by atoms with Crippen molar-refractivity contribution >= 4 is 16.7 Å². The van der Waals surface area contributed by atoms with Gasteiger partial charge in [-0.25, -0.2) is 0 Å². The van der Waals surface area contributed by atoms with Gasteiger partial charge in [0, 0.05) is 29.4 Å². The fourth-order valence-electron chi connectivity index (χ4n) is 1.76. The van der Waals surface area contributed by atoms with Gasteiger partial charge in [0.25, 0.3) is 0 Å². The third-order valence-corrected chi connectivity index (χ3v) is 3.63. The summed E-state index contributed by atoms with van der Waals surface area (Å²) in [6.07, 6.45) is 4.42. The van der Waals surface area contributed by atoms with E-state index in [1.807, 2.05) is 6.92 Å². The second kappa shape index (κ2) is 5.61. The molecule has 0 aliphatic carbocycles. The Labute approximate surface area is 93.7 Å². The summed E-state index contributed by atoms with van der Waals surface area (Å²) in [5.74, 6) is 0.728. The molecule has 1 aliphatic heterocycles. The highest BCUT2D eigenvalue weighted by Gasteiger charge is 2.35. The van der Waals surface area contributed by atoms with E-state index in [4.69, 9.17) is 0 Å². The van der Waals surface area contributed by atoms with Gasteiger partial charge in [-0.15, -0.1) is 0 Å². The van der Waals surface area contributed by atoms with Gasteiger partial charge in [-0.2, -0.15) is 0 Å². The molecule has 1 saturated heterocycles. The van der Waals surface area contributed by atoms with Gasteiger partial charge in [0.05, 0.1) is 5.54 Å². The summed E-state index contributed by atoms with van der Waals surface area (Å²) >= 11 is 0. The molecule has 0 radical (unpaired) electrons. The smallest absolute Gasteiger partial charge is 0.240 e. The zero-order chi connectivity index (χ0) is 11.3. The highest BCUT2D eigenvalue weighted by Crippen LogP contribution is 2.18. The normalized spacial score (nSPS) is 27.6. The molecule has 0 spiro atoms. The number of hydrogen-bond acceptors (Lipinski definition) is 3. The zero-order valence-electron chi connectivity index (χ0n) is 9.47. The molecule has 1 heterocycles. The first-order valence-electron chi connectivity index (χ1n) is 5.38. The van der Waals surface area contributed by atoms with Crippen molar-refractivity contribution in [2.75, 3.05) is 25.1 Å². The Bertz CT molecular complexity index is 250. The monoisotopic (exact) mass is 232 g/mol. The summed E-state index contributed by atoms with van der Waals surface area (Å²) in [6.45, 7) is 3.48. The predicted molar refractivity (Wildman–Crippen MR) is 62.2 cm³/mol. The molecule has 4 nitrogen and oxygen atoms in total. The van der Waals surface area contributed by atoms with Crippen molar-refractivity contribution in [3.63, 3.8) is 0 Å². The van der Waals surface area contributed by atoms with Gasteiger partial charge in [-0.3, -0.25) is 9.00 Å². The van der Waals surface area contributed by atoms with E-state index in [-0.39, 0.29) is 11.4 Å². The van der Waals surface area contributed by atoms with E-state index in [2.05, 4.69) is 10.6 Å². The average Bonchev–Trinajstić information content (AvgIpc) is 2.60. The van der Waals surface area contributed by atoms with Crippen LogP contribution in [0.4, 0.5) is 0 Å². The Morgan fingerprint density at radius 3 is 2.87 bits per heavy atom. The van der Waals surface area contributed by atoms with Gasteiger partial charge in [-0.05, 0) is 32.7 Å². The number of amides is 1. The van der Waals surface area contributed by atoms with E-state index in [0.717, 1.165) is 25.8 Å². The Kier molecular flexibility index (Phi) is 4.73. The number of hydrogen-bond donors (Lipinski definition) is 2. The van der Waals surface area contributed by atoms with Crippen molar-refractivity contribution in [3.8, 4) is 0 Å². The second-order valence-electron chi connectivity index (χ2n) is 4.25. The molecule has 88 valence electrons. The number of rotatable bonds is 5. The summed E-state index contributed by atoms with van der Waals surface area (Å²) in [5.41, 5.74) is -0.384. The van der Waals surface area contributed by atoms with E-state index in [9.17, 15) is 9.00 Å². The lowest BCUT2D eigenvalue weighted by Gasteiger charge is -2.22. The molecule has 1 aliphatic rings. The van der Waals surface area contributed by atoms with Crippen LogP contribution in [0.15, 0.2) is 0 Å². The molecular weight excluding hydrogens is 212 g/mol. The fourth-order valence-corrected chi connectivity index (χ4v) is 2.31. The van der Waals surface area contributed by atoms with Gasteiger partial charge in [-0.1, -0.05) is 0 Å². The van der Waals surface area contributed by atoms with E-state index in [1.165, 1.54) is 0 Å². The Morgan fingerprint density at radius 1 is 1.60 bits per heavy atom. The molecule has 1 fully saturated rings. The lowest BCUT2D eigenvalue weighted by Crippen LogP contribution is -2.51. The Hall–Kier alpha value is -0.420. The average molecular weight is 232 g/mol. The van der Waals surface area contributed by atoms with Crippen LogP contribution in [0.25, 0.3) is 0 Å². The van der Waals surface area contributed by atoms with Crippen LogP contribution >= 0.6 is 0 Å². The third-order valence-electron chi connectivity index (χ3n) is 2.76. The molecule has 1 amide bonds. The molecule has 0 aromatic heterocycles. The summed E-state index contributed by atoms with van der Waals surface area (Å²) in [5, 5.41) is 6.09. The standard InChI is InChI=1S/C10H20N2O2S/c1-10(5-3-7-12-10)9(13)11-6-4-8-15(2)14/h12H,3-8H2,1-2H3,(H,11,13). The van der Waals surface area contributed by atoms with Crippen molar-refractivity contribution in [1.82, 2.24) is 10.6 Å². The van der Waals surface area contributed by atoms with Crippen LogP contribution in [0.1, 0.15) is 26.2 Å². The van der Waals surface area contributed by atoms with Crippen LogP contribution in [0, 0.1) is 0 Å². The number of nitrogens with one attached hydrogen (secondary N) is 2. The molecule has 1 rings (SSSR count). The van der Waals surface area contributed by atoms with Gasteiger partial charge >= 0.3 is 0 Å². The van der Waals surface area contributed by atoms with Crippen LogP contribution in [0.3, 0.4) is 0 Å². The minimum Gasteiger partial charge on any atom is -0.354 e. The number of carbonyl (C=O) groups is 1. The molecule has 0 saturated carbocycles. The topological polar surface area (TPSA) is 58.2 Å². The Balaban J connectivity index is 2.21. The minimum atomic E-state index is -0.760. The SMILES string of the molecule is CS(=O)CCCNC(=O)C1(C)CCCN1. The van der Waals surface area contributed by atoms with Crippen LogP contribution in [0.2, 0.25) is 0 Å². The molecule has 2 atom stereocenters. The largest absolute Gasteiger partial charge is 0.354 e. The van der Waals surface area contributed by atoms with Crippen LogP contribution < -0.4 is 10.6 Å². The lowest BCUT2D eigenvalue weighted by atomic mass is 9.99. The van der Waals surface area contributed by atoms with Crippen molar-refractivity contribution in [1.29, 1.82) is 0 Å². The summed E-state index contributed by atoms with van der Waals surface area (Å²) < 4.78 is 10.8. The summed E-state index contributed by atoms with van der Waals surface area (Å²) in [4.78, 5) is 11.8. The van der Waals surface area contributed by atoms with E-state index in [0.29, 0.717) is 12.3 Å². The maximum Gasteiger partial charge on any atom is 0.240 e. The fraction of sp³-hybridized carbons (Fsp3) is 0.900.